The molecule has 1 saturated heterocycles. The standard InChI is InChI=1S/C13H16ClNO5S/c1-20-10-4-2-3-9(5-10)15(13(17)6-14)11-7-21(18,19)8-12(11)16/h2-5,11-12,16H,6-8H2,1H3. The first kappa shape index (κ1) is 16.1. The van der Waals surface area contributed by atoms with Gasteiger partial charge in [-0.3, -0.25) is 4.79 Å². The van der Waals surface area contributed by atoms with Crippen molar-refractivity contribution in [2.75, 3.05) is 29.4 Å². The van der Waals surface area contributed by atoms with Gasteiger partial charge in [0.05, 0.1) is 30.8 Å². The fourth-order valence-corrected chi connectivity index (χ4v) is 4.30. The van der Waals surface area contributed by atoms with E-state index in [0.717, 1.165) is 0 Å². The molecule has 1 heterocycles. The molecular weight excluding hydrogens is 318 g/mol. The fraction of sp³-hybridized carbons (Fsp3) is 0.462. The highest BCUT2D eigenvalue weighted by Crippen LogP contribution is 2.28. The zero-order valence-corrected chi connectivity index (χ0v) is 13.0. The van der Waals surface area contributed by atoms with Crippen LogP contribution in [0.1, 0.15) is 0 Å². The molecule has 1 aliphatic heterocycles. The lowest BCUT2D eigenvalue weighted by Crippen LogP contribution is -2.47. The van der Waals surface area contributed by atoms with Gasteiger partial charge < -0.3 is 14.7 Å². The molecule has 0 bridgehead atoms. The maximum Gasteiger partial charge on any atom is 0.242 e. The van der Waals surface area contributed by atoms with Crippen molar-refractivity contribution in [3.05, 3.63) is 24.3 Å². The molecule has 1 amide bonds. The molecule has 2 unspecified atom stereocenters. The average Bonchev–Trinajstić information content (AvgIpc) is 2.72. The molecule has 0 radical (unpaired) electrons. The van der Waals surface area contributed by atoms with E-state index in [4.69, 9.17) is 16.3 Å². The van der Waals surface area contributed by atoms with E-state index in [-0.39, 0.29) is 17.4 Å². The second kappa shape index (κ2) is 6.21. The monoisotopic (exact) mass is 333 g/mol. The maximum atomic E-state index is 12.1. The number of anilines is 1. The Bertz CT molecular complexity index is 633. The van der Waals surface area contributed by atoms with Crippen LogP contribution in [0, 0.1) is 0 Å². The molecule has 6 nitrogen and oxygen atoms in total. The molecule has 2 rings (SSSR count). The van der Waals surface area contributed by atoms with Crippen LogP contribution in [0.15, 0.2) is 24.3 Å². The molecule has 8 heteroatoms. The summed E-state index contributed by atoms with van der Waals surface area (Å²) in [4.78, 5) is 13.3. The van der Waals surface area contributed by atoms with Gasteiger partial charge in [-0.15, -0.1) is 11.6 Å². The van der Waals surface area contributed by atoms with Crippen molar-refractivity contribution in [2.24, 2.45) is 0 Å². The van der Waals surface area contributed by atoms with Gasteiger partial charge in [0, 0.05) is 11.8 Å². The SMILES string of the molecule is COc1cccc(N(C(=O)CCl)C2CS(=O)(=O)CC2O)c1. The number of hydrogen-bond donors (Lipinski definition) is 1. The molecule has 0 aromatic heterocycles. The van der Waals surface area contributed by atoms with Crippen molar-refractivity contribution in [1.29, 1.82) is 0 Å². The van der Waals surface area contributed by atoms with Crippen LogP contribution in [0.5, 0.6) is 5.75 Å². The van der Waals surface area contributed by atoms with E-state index in [2.05, 4.69) is 0 Å². The van der Waals surface area contributed by atoms with Crippen LogP contribution in [0.4, 0.5) is 5.69 Å². The Morgan fingerprint density at radius 3 is 2.71 bits per heavy atom. The number of halogens is 1. The minimum absolute atomic E-state index is 0.284. The Balaban J connectivity index is 2.41. The number of methoxy groups -OCH3 is 1. The Hall–Kier alpha value is -1.31. The lowest BCUT2D eigenvalue weighted by Gasteiger charge is -2.30. The third kappa shape index (κ3) is 3.48. The molecular formula is C13H16ClNO5S. The van der Waals surface area contributed by atoms with Crippen LogP contribution >= 0.6 is 11.6 Å². The van der Waals surface area contributed by atoms with Gasteiger partial charge >= 0.3 is 0 Å². The van der Waals surface area contributed by atoms with Crippen molar-refractivity contribution >= 4 is 33.0 Å². The summed E-state index contributed by atoms with van der Waals surface area (Å²) in [5.74, 6) is -0.886. The van der Waals surface area contributed by atoms with Gasteiger partial charge in [-0.1, -0.05) is 6.07 Å². The summed E-state index contributed by atoms with van der Waals surface area (Å²) in [6.07, 6.45) is -1.13. The van der Waals surface area contributed by atoms with Gasteiger partial charge in [-0.2, -0.15) is 0 Å². The van der Waals surface area contributed by atoms with Crippen LogP contribution in [-0.4, -0.2) is 56.1 Å². The van der Waals surface area contributed by atoms with Crippen molar-refractivity contribution in [1.82, 2.24) is 0 Å². The molecule has 0 spiro atoms. The largest absolute Gasteiger partial charge is 0.497 e. The Kier molecular flexibility index (Phi) is 4.75. The van der Waals surface area contributed by atoms with Crippen LogP contribution < -0.4 is 9.64 Å². The first-order chi connectivity index (χ1) is 9.88. The highest BCUT2D eigenvalue weighted by atomic mass is 35.5. The Morgan fingerprint density at radius 1 is 1.48 bits per heavy atom. The van der Waals surface area contributed by atoms with Crippen LogP contribution in [0.25, 0.3) is 0 Å². The minimum Gasteiger partial charge on any atom is -0.497 e. The number of aliphatic hydroxyl groups excluding tert-OH is 1. The summed E-state index contributed by atoms with van der Waals surface area (Å²) in [6.45, 7) is 0. The minimum atomic E-state index is -3.37. The van der Waals surface area contributed by atoms with Gasteiger partial charge in [0.15, 0.2) is 9.84 Å². The smallest absolute Gasteiger partial charge is 0.242 e. The van der Waals surface area contributed by atoms with E-state index in [1.165, 1.54) is 12.0 Å². The number of carbonyl (C=O) groups excluding carboxylic acids is 1. The van der Waals surface area contributed by atoms with E-state index in [1.807, 2.05) is 0 Å². The second-order valence-electron chi connectivity index (χ2n) is 4.81. The first-order valence-corrected chi connectivity index (χ1v) is 8.64. The summed E-state index contributed by atoms with van der Waals surface area (Å²) in [6, 6.07) is 5.79. The predicted molar refractivity (Wildman–Crippen MR) is 79.6 cm³/mol. The van der Waals surface area contributed by atoms with Crippen LogP contribution in [0.2, 0.25) is 0 Å². The molecule has 116 valence electrons. The number of nitrogens with zero attached hydrogens (tertiary/aromatic N) is 1. The number of alkyl halides is 1. The number of sulfone groups is 1. The first-order valence-electron chi connectivity index (χ1n) is 6.28. The third-order valence-electron chi connectivity index (χ3n) is 3.34. The number of benzene rings is 1. The van der Waals surface area contributed by atoms with Crippen molar-refractivity contribution in [2.45, 2.75) is 12.1 Å². The van der Waals surface area contributed by atoms with Crippen molar-refractivity contribution in [3.63, 3.8) is 0 Å². The lowest BCUT2D eigenvalue weighted by atomic mass is 10.1. The molecule has 1 aliphatic rings. The quantitative estimate of drug-likeness (QED) is 0.808. The van der Waals surface area contributed by atoms with E-state index in [9.17, 15) is 18.3 Å². The van der Waals surface area contributed by atoms with E-state index in [1.54, 1.807) is 24.3 Å². The predicted octanol–water partition coefficient (Wildman–Crippen LogP) is 0.425. The molecule has 21 heavy (non-hydrogen) atoms. The summed E-state index contributed by atoms with van der Waals surface area (Å²) >= 11 is 5.61. The van der Waals surface area contributed by atoms with Gasteiger partial charge in [0.25, 0.3) is 0 Å². The number of ether oxygens (including phenoxy) is 1. The second-order valence-corrected chi connectivity index (χ2v) is 7.23. The molecule has 0 aliphatic carbocycles. The summed E-state index contributed by atoms with van der Waals surface area (Å²) in [5, 5.41) is 9.98. The number of aliphatic hydroxyl groups is 1. The zero-order valence-electron chi connectivity index (χ0n) is 11.4. The summed E-state index contributed by atoms with van der Waals surface area (Å²) in [5.41, 5.74) is 0.446. The third-order valence-corrected chi connectivity index (χ3v) is 5.27. The van der Waals surface area contributed by atoms with E-state index < -0.39 is 27.9 Å². The summed E-state index contributed by atoms with van der Waals surface area (Å²) in [7, 11) is -1.89. The van der Waals surface area contributed by atoms with Crippen LogP contribution in [0.3, 0.4) is 0 Å². The van der Waals surface area contributed by atoms with Crippen molar-refractivity contribution in [3.8, 4) is 5.75 Å². The zero-order chi connectivity index (χ0) is 15.6. The Morgan fingerprint density at radius 2 is 2.19 bits per heavy atom. The number of rotatable bonds is 4. The molecule has 1 N–H and O–H groups in total. The van der Waals surface area contributed by atoms with Crippen LogP contribution in [-0.2, 0) is 14.6 Å². The van der Waals surface area contributed by atoms with Gasteiger partial charge in [-0.05, 0) is 12.1 Å². The normalized spacial score (nSPS) is 23.8. The van der Waals surface area contributed by atoms with Gasteiger partial charge in [-0.25, -0.2) is 8.42 Å². The number of amides is 1. The highest BCUT2D eigenvalue weighted by molar-refractivity contribution is 7.91. The lowest BCUT2D eigenvalue weighted by molar-refractivity contribution is -0.117. The number of carbonyl (C=O) groups is 1. The maximum absolute atomic E-state index is 12.1. The van der Waals surface area contributed by atoms with E-state index >= 15 is 0 Å². The number of hydrogen-bond acceptors (Lipinski definition) is 5. The van der Waals surface area contributed by atoms with Gasteiger partial charge in [0.1, 0.15) is 11.6 Å². The molecule has 0 saturated carbocycles. The molecule has 1 aromatic rings. The van der Waals surface area contributed by atoms with Gasteiger partial charge in [0.2, 0.25) is 5.91 Å². The molecule has 1 aromatic carbocycles. The molecule has 2 atom stereocenters. The van der Waals surface area contributed by atoms with Crippen molar-refractivity contribution < 1.29 is 23.1 Å². The summed E-state index contributed by atoms with van der Waals surface area (Å²) < 4.78 is 28.4. The fourth-order valence-electron chi connectivity index (χ4n) is 2.40. The average molecular weight is 334 g/mol. The Labute approximate surface area is 128 Å². The molecule has 1 fully saturated rings. The topological polar surface area (TPSA) is 83.9 Å². The van der Waals surface area contributed by atoms with E-state index in [0.29, 0.717) is 11.4 Å². The highest BCUT2D eigenvalue weighted by Gasteiger charge is 2.42.